The molecule has 1 aromatic rings. The molecule has 5 nitrogen and oxygen atoms in total. The Balaban J connectivity index is 3.28. The number of halogens is 3. The van der Waals surface area contributed by atoms with Crippen molar-refractivity contribution in [1.29, 1.82) is 0 Å². The van der Waals surface area contributed by atoms with Gasteiger partial charge in [-0.3, -0.25) is 0 Å². The van der Waals surface area contributed by atoms with Gasteiger partial charge in [0.15, 0.2) is 0 Å². The first-order chi connectivity index (χ1) is 7.75. The SMILES string of the molecule is CCCn1nncc1C(O)(C(C)N)C(F)(F)F. The number of hydrogen-bond acceptors (Lipinski definition) is 4. The zero-order valence-electron chi connectivity index (χ0n) is 9.57. The fourth-order valence-corrected chi connectivity index (χ4v) is 1.57. The Morgan fingerprint density at radius 1 is 1.53 bits per heavy atom. The summed E-state index contributed by atoms with van der Waals surface area (Å²) in [6.45, 7) is 3.11. The second-order valence-corrected chi connectivity index (χ2v) is 3.90. The molecule has 17 heavy (non-hydrogen) atoms. The van der Waals surface area contributed by atoms with E-state index in [0.717, 1.165) is 17.8 Å². The molecule has 1 heterocycles. The summed E-state index contributed by atoms with van der Waals surface area (Å²) in [5.74, 6) is 0. The number of nitrogens with zero attached hydrogens (tertiary/aromatic N) is 3. The molecule has 0 fully saturated rings. The summed E-state index contributed by atoms with van der Waals surface area (Å²) in [6, 6.07) is -1.52. The van der Waals surface area contributed by atoms with Gasteiger partial charge in [-0.1, -0.05) is 12.1 Å². The maximum absolute atomic E-state index is 12.9. The summed E-state index contributed by atoms with van der Waals surface area (Å²) < 4.78 is 39.8. The lowest BCUT2D eigenvalue weighted by Gasteiger charge is -2.33. The topological polar surface area (TPSA) is 77.0 Å². The Kier molecular flexibility index (Phi) is 3.78. The van der Waals surface area contributed by atoms with Crippen LogP contribution < -0.4 is 5.73 Å². The highest BCUT2D eigenvalue weighted by atomic mass is 19.4. The molecule has 2 atom stereocenters. The predicted molar refractivity (Wildman–Crippen MR) is 53.9 cm³/mol. The summed E-state index contributed by atoms with van der Waals surface area (Å²) in [5, 5.41) is 16.8. The van der Waals surface area contributed by atoms with Gasteiger partial charge in [-0.25, -0.2) is 4.68 Å². The van der Waals surface area contributed by atoms with Crippen molar-refractivity contribution in [3.8, 4) is 0 Å². The number of aliphatic hydroxyl groups is 1. The van der Waals surface area contributed by atoms with Crippen LogP contribution in [0, 0.1) is 0 Å². The van der Waals surface area contributed by atoms with Crippen molar-refractivity contribution in [1.82, 2.24) is 15.0 Å². The second kappa shape index (κ2) is 4.61. The molecular weight excluding hydrogens is 237 g/mol. The van der Waals surface area contributed by atoms with Crippen LogP contribution in [0.2, 0.25) is 0 Å². The highest BCUT2D eigenvalue weighted by Gasteiger charge is 2.59. The van der Waals surface area contributed by atoms with Crippen molar-refractivity contribution in [3.63, 3.8) is 0 Å². The highest BCUT2D eigenvalue weighted by Crippen LogP contribution is 2.40. The summed E-state index contributed by atoms with van der Waals surface area (Å²) in [7, 11) is 0. The van der Waals surface area contributed by atoms with Gasteiger partial charge >= 0.3 is 6.18 Å². The second-order valence-electron chi connectivity index (χ2n) is 3.90. The maximum atomic E-state index is 12.9. The third-order valence-electron chi connectivity index (χ3n) is 2.53. The molecule has 0 aliphatic carbocycles. The van der Waals surface area contributed by atoms with Crippen molar-refractivity contribution in [3.05, 3.63) is 11.9 Å². The van der Waals surface area contributed by atoms with Crippen LogP contribution in [0.1, 0.15) is 26.0 Å². The van der Waals surface area contributed by atoms with E-state index in [1.54, 1.807) is 6.92 Å². The molecule has 0 radical (unpaired) electrons. The Morgan fingerprint density at radius 3 is 2.53 bits per heavy atom. The molecule has 0 amide bonds. The Labute approximate surface area is 96.4 Å². The van der Waals surface area contributed by atoms with Gasteiger partial charge in [0.25, 0.3) is 0 Å². The molecular formula is C9H15F3N4O. The summed E-state index contributed by atoms with van der Waals surface area (Å²) in [6.07, 6.45) is -3.41. The van der Waals surface area contributed by atoms with Crippen molar-refractivity contribution >= 4 is 0 Å². The molecule has 2 unspecified atom stereocenters. The molecule has 0 aliphatic heterocycles. The summed E-state index contributed by atoms with van der Waals surface area (Å²) in [5.41, 5.74) is 1.71. The minimum atomic E-state index is -4.88. The van der Waals surface area contributed by atoms with Crippen LogP contribution in [0.15, 0.2) is 6.20 Å². The molecule has 1 rings (SSSR count). The average Bonchev–Trinajstić information content (AvgIpc) is 2.63. The van der Waals surface area contributed by atoms with E-state index in [0.29, 0.717) is 6.42 Å². The van der Waals surface area contributed by atoms with Gasteiger partial charge in [-0.15, -0.1) is 5.10 Å². The third-order valence-corrected chi connectivity index (χ3v) is 2.53. The molecule has 0 aliphatic rings. The van der Waals surface area contributed by atoms with Gasteiger partial charge in [0.2, 0.25) is 5.60 Å². The van der Waals surface area contributed by atoms with E-state index >= 15 is 0 Å². The first-order valence-electron chi connectivity index (χ1n) is 5.18. The van der Waals surface area contributed by atoms with E-state index in [1.807, 2.05) is 0 Å². The van der Waals surface area contributed by atoms with Crippen LogP contribution in [-0.2, 0) is 12.1 Å². The van der Waals surface area contributed by atoms with Gasteiger partial charge in [-0.05, 0) is 13.3 Å². The Hall–Kier alpha value is -1.15. The molecule has 1 aromatic heterocycles. The lowest BCUT2D eigenvalue weighted by molar-refractivity contribution is -0.275. The van der Waals surface area contributed by atoms with E-state index < -0.39 is 23.5 Å². The van der Waals surface area contributed by atoms with E-state index in [4.69, 9.17) is 5.73 Å². The first-order valence-corrected chi connectivity index (χ1v) is 5.18. The van der Waals surface area contributed by atoms with Crippen molar-refractivity contribution in [2.45, 2.75) is 44.6 Å². The van der Waals surface area contributed by atoms with Crippen LogP contribution in [0.4, 0.5) is 13.2 Å². The number of hydrogen-bond donors (Lipinski definition) is 2. The fourth-order valence-electron chi connectivity index (χ4n) is 1.57. The normalized spacial score (nSPS) is 17.8. The van der Waals surface area contributed by atoms with E-state index in [9.17, 15) is 18.3 Å². The van der Waals surface area contributed by atoms with E-state index in [-0.39, 0.29) is 6.54 Å². The van der Waals surface area contributed by atoms with Gasteiger partial charge in [0, 0.05) is 12.6 Å². The maximum Gasteiger partial charge on any atom is 0.424 e. The fraction of sp³-hybridized carbons (Fsp3) is 0.778. The van der Waals surface area contributed by atoms with Crippen LogP contribution in [-0.4, -0.2) is 32.3 Å². The summed E-state index contributed by atoms with van der Waals surface area (Å²) in [4.78, 5) is 0. The quantitative estimate of drug-likeness (QED) is 0.830. The van der Waals surface area contributed by atoms with Gasteiger partial charge in [0.05, 0.1) is 6.20 Å². The molecule has 0 bridgehead atoms. The standard InChI is InChI=1S/C9H15F3N4O/c1-3-4-16-7(5-14-15-16)8(17,6(2)13)9(10,11)12/h5-6,17H,3-4,13H2,1-2H3. The lowest BCUT2D eigenvalue weighted by atomic mass is 9.91. The van der Waals surface area contributed by atoms with E-state index in [1.165, 1.54) is 0 Å². The summed E-state index contributed by atoms with van der Waals surface area (Å²) >= 11 is 0. The largest absolute Gasteiger partial charge is 0.424 e. The van der Waals surface area contributed by atoms with E-state index in [2.05, 4.69) is 10.3 Å². The van der Waals surface area contributed by atoms with Crippen LogP contribution in [0.5, 0.6) is 0 Å². The van der Waals surface area contributed by atoms with Crippen molar-refractivity contribution in [2.75, 3.05) is 0 Å². The van der Waals surface area contributed by atoms with Crippen LogP contribution in [0.25, 0.3) is 0 Å². The van der Waals surface area contributed by atoms with Gasteiger partial charge < -0.3 is 10.8 Å². The van der Waals surface area contributed by atoms with Crippen molar-refractivity contribution in [2.24, 2.45) is 5.73 Å². The molecule has 3 N–H and O–H groups in total. The molecule has 98 valence electrons. The monoisotopic (exact) mass is 252 g/mol. The number of aryl methyl sites for hydroxylation is 1. The molecule has 0 aromatic carbocycles. The van der Waals surface area contributed by atoms with Crippen LogP contribution >= 0.6 is 0 Å². The number of aromatic nitrogens is 3. The molecule has 0 spiro atoms. The zero-order chi connectivity index (χ0) is 13.3. The van der Waals surface area contributed by atoms with Crippen molar-refractivity contribution < 1.29 is 18.3 Å². The minimum absolute atomic E-state index is 0.237. The Morgan fingerprint density at radius 2 is 2.12 bits per heavy atom. The molecule has 8 heteroatoms. The van der Waals surface area contributed by atoms with Gasteiger partial charge in [-0.2, -0.15) is 13.2 Å². The smallest absolute Gasteiger partial charge is 0.374 e. The zero-order valence-corrected chi connectivity index (χ0v) is 9.57. The predicted octanol–water partition coefficient (Wildman–Crippen LogP) is 0.785. The first kappa shape index (κ1) is 13.9. The van der Waals surface area contributed by atoms with Gasteiger partial charge in [0.1, 0.15) is 5.69 Å². The number of alkyl halides is 3. The minimum Gasteiger partial charge on any atom is -0.374 e. The molecule has 0 saturated carbocycles. The number of rotatable bonds is 4. The van der Waals surface area contributed by atoms with Crippen LogP contribution in [0.3, 0.4) is 0 Å². The Bertz CT molecular complexity index is 377. The highest BCUT2D eigenvalue weighted by molar-refractivity contribution is 5.15. The third kappa shape index (κ3) is 2.27. The average molecular weight is 252 g/mol. The number of nitrogens with two attached hydrogens (primary N) is 1. The lowest BCUT2D eigenvalue weighted by Crippen LogP contribution is -2.55. The molecule has 0 saturated heterocycles.